The minimum absolute atomic E-state index is 0.575. The topological polar surface area (TPSA) is 62.9 Å². The largest absolute Gasteiger partial charge is 0.495 e. The highest BCUT2D eigenvalue weighted by atomic mass is 16.5. The molecule has 1 N–H and O–H groups in total. The van der Waals surface area contributed by atoms with E-state index in [2.05, 4.69) is 23.4 Å². The van der Waals surface area contributed by atoms with Crippen molar-refractivity contribution >= 4 is 5.69 Å². The number of ether oxygens (including phenoxy) is 1. The van der Waals surface area contributed by atoms with Crippen LogP contribution < -0.4 is 10.1 Å². The summed E-state index contributed by atoms with van der Waals surface area (Å²) in [5.41, 5.74) is 3.49. The molecule has 0 spiro atoms. The first-order valence-electron chi connectivity index (χ1n) is 6.52. The highest BCUT2D eigenvalue weighted by Crippen LogP contribution is 2.28. The normalized spacial score (nSPS) is 10.1. The van der Waals surface area contributed by atoms with Crippen molar-refractivity contribution < 1.29 is 4.74 Å². The van der Waals surface area contributed by atoms with Gasteiger partial charge >= 0.3 is 0 Å². The lowest BCUT2D eigenvalue weighted by Gasteiger charge is -2.12. The van der Waals surface area contributed by atoms with Crippen LogP contribution in [0.3, 0.4) is 0 Å². The van der Waals surface area contributed by atoms with E-state index in [1.54, 1.807) is 13.2 Å². The molecule has 1 aromatic heterocycles. The van der Waals surface area contributed by atoms with Crippen molar-refractivity contribution in [2.45, 2.75) is 19.9 Å². The Morgan fingerprint density at radius 3 is 2.90 bits per heavy atom. The Labute approximate surface area is 118 Å². The van der Waals surface area contributed by atoms with E-state index in [1.165, 1.54) is 0 Å². The maximum absolute atomic E-state index is 9.18. The van der Waals surface area contributed by atoms with Crippen LogP contribution in [-0.4, -0.2) is 16.9 Å². The molecule has 1 aromatic carbocycles. The maximum Gasteiger partial charge on any atom is 0.143 e. The van der Waals surface area contributed by atoms with Crippen molar-refractivity contribution in [1.29, 1.82) is 5.26 Å². The summed E-state index contributed by atoms with van der Waals surface area (Å²) >= 11 is 0. The Morgan fingerprint density at radius 1 is 1.45 bits per heavy atom. The van der Waals surface area contributed by atoms with Gasteiger partial charge in [0.1, 0.15) is 11.8 Å². The molecule has 0 saturated carbocycles. The van der Waals surface area contributed by atoms with Crippen molar-refractivity contribution in [3.63, 3.8) is 0 Å². The Kier molecular flexibility index (Phi) is 4.26. The number of aryl methyl sites for hydroxylation is 2. The number of hydrogen-bond acceptors (Lipinski definition) is 4. The van der Waals surface area contributed by atoms with Crippen molar-refractivity contribution in [1.82, 2.24) is 9.78 Å². The van der Waals surface area contributed by atoms with E-state index < -0.39 is 0 Å². The predicted octanol–water partition coefficient (Wildman–Crippen LogP) is 2.47. The zero-order valence-corrected chi connectivity index (χ0v) is 12.0. The number of aromatic nitrogens is 2. The van der Waals surface area contributed by atoms with E-state index in [0.29, 0.717) is 17.9 Å². The van der Waals surface area contributed by atoms with E-state index in [1.807, 2.05) is 30.1 Å². The quantitative estimate of drug-likeness (QED) is 0.906. The molecule has 5 nitrogen and oxygen atoms in total. The molecule has 0 atom stereocenters. The van der Waals surface area contributed by atoms with Gasteiger partial charge in [0.25, 0.3) is 0 Å². The number of methoxy groups -OCH3 is 1. The highest BCUT2D eigenvalue weighted by molar-refractivity contribution is 5.66. The molecule has 0 bridgehead atoms. The summed E-state index contributed by atoms with van der Waals surface area (Å²) in [5.74, 6) is 0.672. The van der Waals surface area contributed by atoms with Gasteiger partial charge in [-0.05, 0) is 18.6 Å². The highest BCUT2D eigenvalue weighted by Gasteiger charge is 2.11. The molecule has 0 saturated heterocycles. The summed E-state index contributed by atoms with van der Waals surface area (Å²) in [6, 6.07) is 7.60. The van der Waals surface area contributed by atoms with Crippen LogP contribution in [0.5, 0.6) is 5.75 Å². The molecule has 104 valence electrons. The molecule has 0 amide bonds. The number of nitrogens with zero attached hydrogens (tertiary/aromatic N) is 3. The average molecular weight is 270 g/mol. The van der Waals surface area contributed by atoms with Gasteiger partial charge < -0.3 is 10.1 Å². The Morgan fingerprint density at radius 2 is 2.25 bits per heavy atom. The lowest BCUT2D eigenvalue weighted by Crippen LogP contribution is -2.04. The molecule has 0 aliphatic carbocycles. The second-order valence-corrected chi connectivity index (χ2v) is 4.48. The van der Waals surface area contributed by atoms with Crippen molar-refractivity contribution in [2.75, 3.05) is 12.4 Å². The molecular formula is C15H18N4O. The van der Waals surface area contributed by atoms with Gasteiger partial charge in [-0.1, -0.05) is 13.0 Å². The number of anilines is 1. The first-order valence-corrected chi connectivity index (χ1v) is 6.52. The first kappa shape index (κ1) is 13.9. The molecule has 0 radical (unpaired) electrons. The number of rotatable bonds is 5. The molecule has 0 unspecified atom stereocenters. The van der Waals surface area contributed by atoms with Gasteiger partial charge in [-0.15, -0.1) is 0 Å². The molecule has 2 rings (SSSR count). The Hall–Kier alpha value is -2.48. The van der Waals surface area contributed by atoms with Crippen LogP contribution in [0.4, 0.5) is 5.69 Å². The number of nitrogens with one attached hydrogen (secondary N) is 1. The van der Waals surface area contributed by atoms with E-state index in [4.69, 9.17) is 4.74 Å². The standard InChI is InChI=1S/C15H18N4O/c1-4-13-12(10-19(2)18-13)9-17-15-11(8-16)6-5-7-14(15)20-3/h5-7,10,17H,4,9H2,1-3H3. The van der Waals surface area contributed by atoms with Crippen LogP contribution in [0.25, 0.3) is 0 Å². The van der Waals surface area contributed by atoms with Gasteiger partial charge in [-0.25, -0.2) is 0 Å². The van der Waals surface area contributed by atoms with E-state index in [9.17, 15) is 5.26 Å². The van der Waals surface area contributed by atoms with Crippen LogP contribution in [0.2, 0.25) is 0 Å². The number of nitriles is 1. The third kappa shape index (κ3) is 2.75. The molecule has 0 aliphatic rings. The number of hydrogen-bond donors (Lipinski definition) is 1. The second kappa shape index (κ2) is 6.11. The van der Waals surface area contributed by atoms with E-state index in [0.717, 1.165) is 23.4 Å². The van der Waals surface area contributed by atoms with Gasteiger partial charge in [-0.3, -0.25) is 4.68 Å². The lowest BCUT2D eigenvalue weighted by molar-refractivity contribution is 0.416. The van der Waals surface area contributed by atoms with Gasteiger partial charge in [0, 0.05) is 25.4 Å². The third-order valence-electron chi connectivity index (χ3n) is 3.15. The van der Waals surface area contributed by atoms with Crippen molar-refractivity contribution in [2.24, 2.45) is 7.05 Å². The zero-order chi connectivity index (χ0) is 14.5. The van der Waals surface area contributed by atoms with Crippen LogP contribution in [0, 0.1) is 11.3 Å². The monoisotopic (exact) mass is 270 g/mol. The molecule has 0 aliphatic heterocycles. The summed E-state index contributed by atoms with van der Waals surface area (Å²) in [5, 5.41) is 16.9. The molecular weight excluding hydrogens is 252 g/mol. The summed E-state index contributed by atoms with van der Waals surface area (Å²) in [4.78, 5) is 0. The molecule has 1 heterocycles. The van der Waals surface area contributed by atoms with Crippen LogP contribution in [0.15, 0.2) is 24.4 Å². The summed E-state index contributed by atoms with van der Waals surface area (Å²) in [6.07, 6.45) is 2.88. The Balaban J connectivity index is 2.24. The lowest BCUT2D eigenvalue weighted by atomic mass is 10.1. The fourth-order valence-corrected chi connectivity index (χ4v) is 2.19. The number of benzene rings is 1. The second-order valence-electron chi connectivity index (χ2n) is 4.48. The van der Waals surface area contributed by atoms with Crippen molar-refractivity contribution in [3.8, 4) is 11.8 Å². The third-order valence-corrected chi connectivity index (χ3v) is 3.15. The van der Waals surface area contributed by atoms with Gasteiger partial charge in [0.15, 0.2) is 0 Å². The molecule has 5 heteroatoms. The van der Waals surface area contributed by atoms with E-state index >= 15 is 0 Å². The van der Waals surface area contributed by atoms with Gasteiger partial charge in [-0.2, -0.15) is 10.4 Å². The predicted molar refractivity (Wildman–Crippen MR) is 77.6 cm³/mol. The number of para-hydroxylation sites is 1. The fourth-order valence-electron chi connectivity index (χ4n) is 2.19. The molecule has 0 fully saturated rings. The zero-order valence-electron chi connectivity index (χ0n) is 12.0. The summed E-state index contributed by atoms with van der Waals surface area (Å²) in [6.45, 7) is 2.70. The molecule has 20 heavy (non-hydrogen) atoms. The minimum atomic E-state index is 0.575. The van der Waals surface area contributed by atoms with Crippen molar-refractivity contribution in [3.05, 3.63) is 41.2 Å². The fraction of sp³-hybridized carbons (Fsp3) is 0.333. The average Bonchev–Trinajstić information content (AvgIpc) is 2.84. The van der Waals surface area contributed by atoms with Crippen LogP contribution in [-0.2, 0) is 20.0 Å². The summed E-state index contributed by atoms with van der Waals surface area (Å²) in [7, 11) is 3.51. The maximum atomic E-state index is 9.18. The van der Waals surface area contributed by atoms with Crippen LogP contribution >= 0.6 is 0 Å². The smallest absolute Gasteiger partial charge is 0.143 e. The Bertz CT molecular complexity index is 640. The minimum Gasteiger partial charge on any atom is -0.495 e. The van der Waals surface area contributed by atoms with E-state index in [-0.39, 0.29) is 0 Å². The summed E-state index contributed by atoms with van der Waals surface area (Å²) < 4.78 is 7.11. The first-order chi connectivity index (χ1) is 9.69. The van der Waals surface area contributed by atoms with Gasteiger partial charge in [0.2, 0.25) is 0 Å². The van der Waals surface area contributed by atoms with Gasteiger partial charge in [0.05, 0.1) is 24.1 Å². The van der Waals surface area contributed by atoms with Crippen LogP contribution in [0.1, 0.15) is 23.7 Å². The SMILES string of the molecule is CCc1nn(C)cc1CNc1c(C#N)cccc1OC. The molecule has 2 aromatic rings.